The first-order chi connectivity index (χ1) is 11.5. The Morgan fingerprint density at radius 2 is 1.92 bits per heavy atom. The molecule has 3 rings (SSSR count). The second kappa shape index (κ2) is 6.68. The number of carboxylic acid groups (broad SMARTS) is 1. The van der Waals surface area contributed by atoms with E-state index in [-0.39, 0.29) is 24.2 Å². The maximum absolute atomic E-state index is 14.1. The Morgan fingerprint density at radius 1 is 1.21 bits per heavy atom. The zero-order valence-corrected chi connectivity index (χ0v) is 14.5. The molecule has 0 spiro atoms. The van der Waals surface area contributed by atoms with Gasteiger partial charge in [0.15, 0.2) is 0 Å². The number of carboxylic acids is 1. The molecule has 0 bridgehead atoms. The molecular weight excluding hydrogens is 426 g/mol. The molecule has 3 aromatic rings. The van der Waals surface area contributed by atoms with E-state index in [1.54, 1.807) is 36.4 Å². The van der Waals surface area contributed by atoms with Crippen LogP contribution in [0.3, 0.4) is 0 Å². The summed E-state index contributed by atoms with van der Waals surface area (Å²) >= 11 is 2.00. The van der Waals surface area contributed by atoms with Crippen LogP contribution in [-0.2, 0) is 17.8 Å². The molecule has 0 aliphatic carbocycles. The Bertz CT molecular complexity index is 1000. The van der Waals surface area contributed by atoms with Gasteiger partial charge >= 0.3 is 5.97 Å². The van der Waals surface area contributed by atoms with Crippen molar-refractivity contribution in [3.63, 3.8) is 0 Å². The van der Waals surface area contributed by atoms with Crippen molar-refractivity contribution in [3.8, 4) is 0 Å². The molecule has 0 radical (unpaired) electrons. The smallest absolute Gasteiger partial charge is 0.309 e. The van der Waals surface area contributed by atoms with E-state index in [9.17, 15) is 14.0 Å². The molecule has 2 aromatic carbocycles. The Hall–Kier alpha value is -2.29. The number of halogens is 2. The van der Waals surface area contributed by atoms with Gasteiger partial charge in [-0.3, -0.25) is 9.59 Å². The van der Waals surface area contributed by atoms with E-state index in [0.29, 0.717) is 16.3 Å². The average Bonchev–Trinajstić information content (AvgIpc) is 2.54. The zero-order chi connectivity index (χ0) is 17.3. The van der Waals surface area contributed by atoms with E-state index in [2.05, 4.69) is 5.10 Å². The van der Waals surface area contributed by atoms with Crippen LogP contribution < -0.4 is 5.56 Å². The van der Waals surface area contributed by atoms with Gasteiger partial charge in [-0.15, -0.1) is 0 Å². The standard InChI is InChI=1S/C17H12FIN2O3/c18-14-7-11(19)6-5-10(14)9-21-17(24)13-4-2-1-3-12(13)15(20-21)8-16(22)23/h1-7H,8-9H2,(H,22,23). The third-order valence-corrected chi connectivity index (χ3v) is 4.27. The predicted octanol–water partition coefficient (Wildman–Crippen LogP) is 2.82. The van der Waals surface area contributed by atoms with Crippen molar-refractivity contribution in [2.75, 3.05) is 0 Å². The number of hydrogen-bond acceptors (Lipinski definition) is 3. The van der Waals surface area contributed by atoms with Gasteiger partial charge in [0, 0.05) is 14.5 Å². The molecular formula is C17H12FIN2O3. The lowest BCUT2D eigenvalue weighted by Gasteiger charge is -2.11. The maximum Gasteiger partial charge on any atom is 0.309 e. The number of aromatic nitrogens is 2. The molecule has 0 amide bonds. The Kier molecular flexibility index (Phi) is 4.61. The normalized spacial score (nSPS) is 10.9. The SMILES string of the molecule is O=C(O)Cc1nn(Cc2ccc(I)cc2F)c(=O)c2ccccc12. The van der Waals surface area contributed by atoms with Gasteiger partial charge in [0.2, 0.25) is 0 Å². The lowest BCUT2D eigenvalue weighted by molar-refractivity contribution is -0.136. The number of aliphatic carboxylic acids is 1. The molecule has 0 aliphatic rings. The highest BCUT2D eigenvalue weighted by Gasteiger charge is 2.14. The van der Waals surface area contributed by atoms with Crippen LogP contribution in [0.1, 0.15) is 11.3 Å². The molecule has 122 valence electrons. The first-order valence-corrected chi connectivity index (χ1v) is 8.18. The van der Waals surface area contributed by atoms with E-state index < -0.39 is 11.8 Å². The van der Waals surface area contributed by atoms with Crippen LogP contribution in [0.15, 0.2) is 47.3 Å². The molecule has 0 unspecified atom stereocenters. The van der Waals surface area contributed by atoms with Crippen LogP contribution in [0.25, 0.3) is 10.8 Å². The fourth-order valence-corrected chi connectivity index (χ4v) is 2.95. The van der Waals surface area contributed by atoms with Crippen molar-refractivity contribution in [2.24, 2.45) is 0 Å². The third kappa shape index (κ3) is 3.30. The van der Waals surface area contributed by atoms with Crippen molar-refractivity contribution in [1.82, 2.24) is 9.78 Å². The highest BCUT2D eigenvalue weighted by Crippen LogP contribution is 2.16. The van der Waals surface area contributed by atoms with Crippen molar-refractivity contribution in [2.45, 2.75) is 13.0 Å². The van der Waals surface area contributed by atoms with Gasteiger partial charge in [0.1, 0.15) is 5.82 Å². The molecule has 1 aromatic heterocycles. The van der Waals surface area contributed by atoms with Gasteiger partial charge < -0.3 is 5.11 Å². The molecule has 1 heterocycles. The minimum Gasteiger partial charge on any atom is -0.481 e. The Morgan fingerprint density at radius 3 is 2.58 bits per heavy atom. The van der Waals surface area contributed by atoms with E-state index in [4.69, 9.17) is 5.11 Å². The summed E-state index contributed by atoms with van der Waals surface area (Å²) in [7, 11) is 0. The van der Waals surface area contributed by atoms with Crippen molar-refractivity contribution in [1.29, 1.82) is 0 Å². The summed E-state index contributed by atoms with van der Waals surface area (Å²) in [4.78, 5) is 23.6. The molecule has 0 atom stereocenters. The topological polar surface area (TPSA) is 72.2 Å². The largest absolute Gasteiger partial charge is 0.481 e. The van der Waals surface area contributed by atoms with Crippen LogP contribution in [0.5, 0.6) is 0 Å². The molecule has 5 nitrogen and oxygen atoms in total. The summed E-state index contributed by atoms with van der Waals surface area (Å²) in [6.07, 6.45) is -0.310. The van der Waals surface area contributed by atoms with Crippen molar-refractivity contribution < 1.29 is 14.3 Å². The highest BCUT2D eigenvalue weighted by molar-refractivity contribution is 14.1. The molecule has 24 heavy (non-hydrogen) atoms. The van der Waals surface area contributed by atoms with E-state index in [0.717, 1.165) is 8.25 Å². The second-order valence-electron chi connectivity index (χ2n) is 5.26. The van der Waals surface area contributed by atoms with Gasteiger partial charge in [-0.2, -0.15) is 5.10 Å². The van der Waals surface area contributed by atoms with E-state index in [1.807, 2.05) is 22.6 Å². The lowest BCUT2D eigenvalue weighted by atomic mass is 10.1. The van der Waals surface area contributed by atoms with Crippen LogP contribution >= 0.6 is 22.6 Å². The fourth-order valence-electron chi connectivity index (χ4n) is 2.50. The molecule has 1 N–H and O–H groups in total. The number of benzene rings is 2. The number of hydrogen-bond donors (Lipinski definition) is 1. The number of rotatable bonds is 4. The van der Waals surface area contributed by atoms with Gasteiger partial charge in [0.25, 0.3) is 5.56 Å². The molecule has 7 heteroatoms. The second-order valence-corrected chi connectivity index (χ2v) is 6.51. The number of carbonyl (C=O) groups is 1. The predicted molar refractivity (Wildman–Crippen MR) is 95.6 cm³/mol. The minimum atomic E-state index is -1.04. The summed E-state index contributed by atoms with van der Waals surface area (Å²) in [6.45, 7) is -0.0565. The Labute approximate surface area is 149 Å². The molecule has 0 aliphatic heterocycles. The summed E-state index contributed by atoms with van der Waals surface area (Å²) in [5.41, 5.74) is 0.225. The maximum atomic E-state index is 14.1. The van der Waals surface area contributed by atoms with Gasteiger partial charge in [0.05, 0.1) is 24.0 Å². The molecule has 0 saturated carbocycles. The van der Waals surface area contributed by atoms with E-state index >= 15 is 0 Å². The average molecular weight is 438 g/mol. The van der Waals surface area contributed by atoms with Crippen LogP contribution in [0.2, 0.25) is 0 Å². The molecule has 0 saturated heterocycles. The van der Waals surface area contributed by atoms with Gasteiger partial charge in [-0.25, -0.2) is 9.07 Å². The Balaban J connectivity index is 2.15. The minimum absolute atomic E-state index is 0.0565. The van der Waals surface area contributed by atoms with E-state index in [1.165, 1.54) is 6.07 Å². The van der Waals surface area contributed by atoms with Crippen molar-refractivity contribution in [3.05, 3.63) is 73.5 Å². The van der Waals surface area contributed by atoms with Crippen LogP contribution in [0, 0.1) is 9.39 Å². The zero-order valence-electron chi connectivity index (χ0n) is 12.4. The van der Waals surface area contributed by atoms with Crippen LogP contribution in [0.4, 0.5) is 4.39 Å². The highest BCUT2D eigenvalue weighted by atomic mass is 127. The first kappa shape index (κ1) is 16.6. The third-order valence-electron chi connectivity index (χ3n) is 3.60. The van der Waals surface area contributed by atoms with Crippen molar-refractivity contribution >= 4 is 39.3 Å². The van der Waals surface area contributed by atoms with Gasteiger partial charge in [-0.05, 0) is 40.8 Å². The lowest BCUT2D eigenvalue weighted by Crippen LogP contribution is -2.26. The summed E-state index contributed by atoms with van der Waals surface area (Å²) < 4.78 is 15.9. The summed E-state index contributed by atoms with van der Waals surface area (Å²) in [6, 6.07) is 11.4. The van der Waals surface area contributed by atoms with Crippen LogP contribution in [-0.4, -0.2) is 20.9 Å². The van der Waals surface area contributed by atoms with Gasteiger partial charge in [-0.1, -0.05) is 24.3 Å². The monoisotopic (exact) mass is 438 g/mol. The number of nitrogens with zero attached hydrogens (tertiary/aromatic N) is 2. The number of fused-ring (bicyclic) bond motifs is 1. The summed E-state index contributed by atoms with van der Waals surface area (Å²) in [5.74, 6) is -1.47. The quantitative estimate of drug-likeness (QED) is 0.637. The molecule has 0 fully saturated rings. The fraction of sp³-hybridized carbons (Fsp3) is 0.118. The summed E-state index contributed by atoms with van der Waals surface area (Å²) in [5, 5.41) is 14.1. The first-order valence-electron chi connectivity index (χ1n) is 7.10.